The highest BCUT2D eigenvalue weighted by atomic mass is 79.9. The number of anilines is 1. The van der Waals surface area contributed by atoms with Crippen molar-refractivity contribution in [2.75, 3.05) is 11.4 Å². The molecule has 4 rings (SSSR count). The average molecular weight is 457 g/mol. The Morgan fingerprint density at radius 3 is 2.46 bits per heavy atom. The molecule has 4 nitrogen and oxygen atoms in total. The Bertz CT molecular complexity index is 926. The van der Waals surface area contributed by atoms with Crippen molar-refractivity contribution in [2.24, 2.45) is 5.92 Å². The number of hydrogen-bond acceptors (Lipinski definition) is 2. The molecule has 0 aromatic heterocycles. The zero-order valence-electron chi connectivity index (χ0n) is 15.2. The normalized spacial score (nSPS) is 18.5. The van der Waals surface area contributed by atoms with E-state index in [1.807, 2.05) is 0 Å². The van der Waals surface area contributed by atoms with Crippen LogP contribution in [0.15, 0.2) is 34.8 Å². The third-order valence-electron chi connectivity index (χ3n) is 5.01. The molecular weight excluding hydrogens is 437 g/mol. The van der Waals surface area contributed by atoms with E-state index in [2.05, 4.69) is 58.1 Å². The maximum Gasteiger partial charge on any atom is 0.490 e. The monoisotopic (exact) mass is 456 g/mol. The molecule has 0 bridgehead atoms. The largest absolute Gasteiger partial charge is 0.490 e. The van der Waals surface area contributed by atoms with Gasteiger partial charge in [0.2, 0.25) is 0 Å². The van der Waals surface area contributed by atoms with Gasteiger partial charge in [-0.2, -0.15) is 13.2 Å². The van der Waals surface area contributed by atoms with Crippen molar-refractivity contribution in [2.45, 2.75) is 38.3 Å². The van der Waals surface area contributed by atoms with E-state index in [0.717, 1.165) is 29.2 Å². The SMILES string of the molecule is CC1CN(C(=N)CC2CC2)c2ccc3c(Br)cccc3c21.O=C(O)C(F)(F)F. The molecule has 0 spiro atoms. The lowest BCUT2D eigenvalue weighted by Crippen LogP contribution is -2.29. The van der Waals surface area contributed by atoms with E-state index in [-0.39, 0.29) is 0 Å². The molecule has 1 aliphatic carbocycles. The van der Waals surface area contributed by atoms with Crippen LogP contribution >= 0.6 is 15.9 Å². The molecular formula is C20H20BrF3N2O2. The molecule has 1 unspecified atom stereocenters. The number of carboxylic acid groups (broad SMARTS) is 1. The Labute approximate surface area is 169 Å². The van der Waals surface area contributed by atoms with Crippen molar-refractivity contribution in [3.8, 4) is 0 Å². The fourth-order valence-corrected chi connectivity index (χ4v) is 4.01. The molecule has 1 fully saturated rings. The standard InChI is InChI=1S/C18H19BrN2.C2HF3O2/c1-11-10-21(17(20)9-12-5-6-12)16-8-7-13-14(18(11)16)3-2-4-15(13)19;3-2(4,5)1(6)7/h2-4,7-8,11-12,20H,5-6,9-10H2,1H3;(H,6,7). The van der Waals surface area contributed by atoms with E-state index in [1.165, 1.54) is 34.9 Å². The number of amidine groups is 1. The number of aliphatic carboxylic acids is 1. The molecule has 8 heteroatoms. The number of rotatable bonds is 2. The molecule has 2 aromatic rings. The van der Waals surface area contributed by atoms with Crippen molar-refractivity contribution in [3.63, 3.8) is 0 Å². The van der Waals surface area contributed by atoms with Crippen LogP contribution < -0.4 is 4.90 Å². The maximum atomic E-state index is 10.6. The summed E-state index contributed by atoms with van der Waals surface area (Å²) in [5.41, 5.74) is 2.66. The highest BCUT2D eigenvalue weighted by molar-refractivity contribution is 9.10. The molecule has 1 atom stereocenters. The Morgan fingerprint density at radius 1 is 1.25 bits per heavy atom. The van der Waals surface area contributed by atoms with Gasteiger partial charge in [0.05, 0.1) is 0 Å². The number of benzene rings is 2. The van der Waals surface area contributed by atoms with Gasteiger partial charge >= 0.3 is 12.1 Å². The van der Waals surface area contributed by atoms with Gasteiger partial charge in [0.15, 0.2) is 0 Å². The topological polar surface area (TPSA) is 64.4 Å². The minimum Gasteiger partial charge on any atom is -0.475 e. The summed E-state index contributed by atoms with van der Waals surface area (Å²) in [5, 5.41) is 18.2. The van der Waals surface area contributed by atoms with Crippen molar-refractivity contribution in [1.82, 2.24) is 0 Å². The quantitative estimate of drug-likeness (QED) is 0.434. The van der Waals surface area contributed by atoms with Gasteiger partial charge in [-0.1, -0.05) is 41.1 Å². The van der Waals surface area contributed by atoms with Gasteiger partial charge in [0.1, 0.15) is 5.84 Å². The van der Waals surface area contributed by atoms with Crippen molar-refractivity contribution >= 4 is 44.2 Å². The van der Waals surface area contributed by atoms with Crippen LogP contribution in [-0.4, -0.2) is 29.6 Å². The number of nitrogens with zero attached hydrogens (tertiary/aromatic N) is 1. The molecule has 1 aliphatic heterocycles. The summed E-state index contributed by atoms with van der Waals surface area (Å²) in [6, 6.07) is 10.8. The van der Waals surface area contributed by atoms with Gasteiger partial charge in [-0.05, 0) is 47.2 Å². The predicted octanol–water partition coefficient (Wildman–Crippen LogP) is 5.94. The lowest BCUT2D eigenvalue weighted by atomic mass is 9.96. The van der Waals surface area contributed by atoms with Crippen molar-refractivity contribution in [1.29, 1.82) is 5.41 Å². The summed E-state index contributed by atoms with van der Waals surface area (Å²) < 4.78 is 32.9. The Morgan fingerprint density at radius 2 is 1.89 bits per heavy atom. The summed E-state index contributed by atoms with van der Waals surface area (Å²) in [6.07, 6.45) is -1.52. The van der Waals surface area contributed by atoms with Crippen LogP contribution in [0.3, 0.4) is 0 Å². The fraction of sp³-hybridized carbons (Fsp3) is 0.400. The highest BCUT2D eigenvalue weighted by Gasteiger charge is 2.38. The Balaban J connectivity index is 0.000000279. The molecule has 28 heavy (non-hydrogen) atoms. The molecule has 1 heterocycles. The smallest absolute Gasteiger partial charge is 0.475 e. The number of carboxylic acids is 1. The first-order valence-corrected chi connectivity index (χ1v) is 9.75. The minimum absolute atomic E-state index is 0.484. The molecule has 0 amide bonds. The van der Waals surface area contributed by atoms with Crippen LogP contribution in [-0.2, 0) is 4.79 Å². The van der Waals surface area contributed by atoms with E-state index in [9.17, 15) is 13.2 Å². The second kappa shape index (κ2) is 7.73. The van der Waals surface area contributed by atoms with Crippen LogP contribution in [0.1, 0.15) is 37.7 Å². The second-order valence-electron chi connectivity index (χ2n) is 7.24. The zero-order valence-corrected chi connectivity index (χ0v) is 16.8. The molecule has 0 radical (unpaired) electrons. The summed E-state index contributed by atoms with van der Waals surface area (Å²) in [5.74, 6) is -0.700. The molecule has 0 saturated heterocycles. The van der Waals surface area contributed by atoms with E-state index in [0.29, 0.717) is 5.92 Å². The van der Waals surface area contributed by atoms with Gasteiger partial charge in [-0.3, -0.25) is 5.41 Å². The van der Waals surface area contributed by atoms with Gasteiger partial charge in [0, 0.05) is 29.0 Å². The summed E-state index contributed by atoms with van der Waals surface area (Å²) >= 11 is 3.65. The van der Waals surface area contributed by atoms with Crippen LogP contribution in [0.2, 0.25) is 0 Å². The number of hydrogen-bond donors (Lipinski definition) is 2. The highest BCUT2D eigenvalue weighted by Crippen LogP contribution is 2.43. The summed E-state index contributed by atoms with van der Waals surface area (Å²) in [7, 11) is 0. The molecule has 2 aromatic carbocycles. The van der Waals surface area contributed by atoms with Crippen LogP contribution in [0.5, 0.6) is 0 Å². The van der Waals surface area contributed by atoms with Crippen molar-refractivity contribution in [3.05, 3.63) is 40.4 Å². The number of alkyl halides is 3. The van der Waals surface area contributed by atoms with Crippen LogP contribution in [0.25, 0.3) is 10.8 Å². The molecule has 2 aliphatic rings. The Kier molecular flexibility index (Phi) is 5.70. The first-order valence-electron chi connectivity index (χ1n) is 8.95. The van der Waals surface area contributed by atoms with Crippen molar-refractivity contribution < 1.29 is 23.1 Å². The lowest BCUT2D eigenvalue weighted by Gasteiger charge is -2.20. The van der Waals surface area contributed by atoms with Gasteiger partial charge in [-0.15, -0.1) is 0 Å². The van der Waals surface area contributed by atoms with E-state index < -0.39 is 12.1 Å². The number of nitrogens with one attached hydrogen (secondary N) is 1. The van der Waals surface area contributed by atoms with Crippen LogP contribution in [0.4, 0.5) is 18.9 Å². The average Bonchev–Trinajstić information content (AvgIpc) is 3.35. The summed E-state index contributed by atoms with van der Waals surface area (Å²) in [6.45, 7) is 3.23. The van der Waals surface area contributed by atoms with Gasteiger partial charge in [0.25, 0.3) is 0 Å². The van der Waals surface area contributed by atoms with Crippen LogP contribution in [0, 0.1) is 11.3 Å². The van der Waals surface area contributed by atoms with E-state index >= 15 is 0 Å². The number of halogens is 4. The maximum absolute atomic E-state index is 10.6. The second-order valence-corrected chi connectivity index (χ2v) is 8.10. The van der Waals surface area contributed by atoms with E-state index in [4.69, 9.17) is 15.3 Å². The molecule has 2 N–H and O–H groups in total. The number of carbonyl (C=O) groups is 1. The third kappa shape index (κ3) is 4.32. The first kappa shape index (κ1) is 20.6. The summed E-state index contributed by atoms with van der Waals surface area (Å²) in [4.78, 5) is 11.1. The third-order valence-corrected chi connectivity index (χ3v) is 5.71. The zero-order chi connectivity index (χ0) is 20.6. The lowest BCUT2D eigenvalue weighted by molar-refractivity contribution is -0.192. The van der Waals surface area contributed by atoms with Gasteiger partial charge in [-0.25, -0.2) is 4.79 Å². The Hall–Kier alpha value is -2.09. The minimum atomic E-state index is -5.08. The molecule has 1 saturated carbocycles. The first-order chi connectivity index (χ1) is 13.1. The predicted molar refractivity (Wildman–Crippen MR) is 106 cm³/mol. The molecule has 150 valence electrons. The van der Waals surface area contributed by atoms with Gasteiger partial charge < -0.3 is 10.0 Å². The number of fused-ring (bicyclic) bond motifs is 3. The van der Waals surface area contributed by atoms with E-state index in [1.54, 1.807) is 0 Å². The fourth-order valence-electron chi connectivity index (χ4n) is 3.51.